The van der Waals surface area contributed by atoms with E-state index in [-0.39, 0.29) is 35.3 Å². The molecule has 9 heteroatoms. The van der Waals surface area contributed by atoms with Crippen LogP contribution in [0.2, 0.25) is 0 Å². The summed E-state index contributed by atoms with van der Waals surface area (Å²) in [4.78, 5) is 26.0. The fourth-order valence-corrected chi connectivity index (χ4v) is 4.60. The number of rotatable bonds is 6. The lowest BCUT2D eigenvalue weighted by Gasteiger charge is -2.30. The third kappa shape index (κ3) is 4.89. The summed E-state index contributed by atoms with van der Waals surface area (Å²) < 4.78 is 37.5. The van der Waals surface area contributed by atoms with Crippen molar-refractivity contribution in [2.75, 3.05) is 33.4 Å². The van der Waals surface area contributed by atoms with E-state index in [9.17, 15) is 18.0 Å². The highest BCUT2D eigenvalue weighted by molar-refractivity contribution is 7.89. The van der Waals surface area contributed by atoms with E-state index in [4.69, 9.17) is 9.47 Å². The van der Waals surface area contributed by atoms with Gasteiger partial charge in [0.05, 0.1) is 24.0 Å². The molecule has 0 unspecified atom stereocenters. The second kappa shape index (κ2) is 9.02. The van der Waals surface area contributed by atoms with Gasteiger partial charge >= 0.3 is 5.97 Å². The Balaban J connectivity index is 1.57. The predicted molar refractivity (Wildman–Crippen MR) is 101 cm³/mol. The SMILES string of the molecule is COC(=O)C1CCN(C(=O)c2ccc(S(=O)(=O)NC[C@@H]3CCCO3)cc2)CC1. The number of amides is 1. The molecule has 2 heterocycles. The number of hydrogen-bond donors (Lipinski definition) is 1. The van der Waals surface area contributed by atoms with Gasteiger partial charge in [-0.1, -0.05) is 0 Å². The van der Waals surface area contributed by atoms with E-state index in [0.29, 0.717) is 38.1 Å². The molecule has 0 radical (unpaired) electrons. The average Bonchev–Trinajstić information content (AvgIpc) is 3.25. The Morgan fingerprint density at radius 3 is 2.43 bits per heavy atom. The first-order valence-electron chi connectivity index (χ1n) is 9.49. The molecule has 2 aliphatic heterocycles. The van der Waals surface area contributed by atoms with Gasteiger partial charge in [-0.05, 0) is 49.9 Å². The number of piperidine rings is 1. The summed E-state index contributed by atoms with van der Waals surface area (Å²) >= 11 is 0. The molecule has 0 aromatic heterocycles. The number of methoxy groups -OCH3 is 1. The van der Waals surface area contributed by atoms with Crippen molar-refractivity contribution in [3.63, 3.8) is 0 Å². The summed E-state index contributed by atoms with van der Waals surface area (Å²) in [5.74, 6) is -0.576. The number of hydrogen-bond acceptors (Lipinski definition) is 6. The van der Waals surface area contributed by atoms with Crippen LogP contribution in [0.4, 0.5) is 0 Å². The Bertz CT molecular complexity index is 794. The van der Waals surface area contributed by atoms with Crippen LogP contribution in [-0.2, 0) is 24.3 Å². The van der Waals surface area contributed by atoms with Gasteiger partial charge in [-0.3, -0.25) is 9.59 Å². The maximum atomic E-state index is 12.6. The van der Waals surface area contributed by atoms with Crippen molar-refractivity contribution in [2.24, 2.45) is 5.92 Å². The van der Waals surface area contributed by atoms with Gasteiger partial charge in [0, 0.05) is 31.8 Å². The Morgan fingerprint density at radius 2 is 1.86 bits per heavy atom. The summed E-state index contributed by atoms with van der Waals surface area (Å²) in [5.41, 5.74) is 0.426. The van der Waals surface area contributed by atoms with Gasteiger partial charge in [-0.15, -0.1) is 0 Å². The first kappa shape index (κ1) is 20.8. The molecule has 0 spiro atoms. The quantitative estimate of drug-likeness (QED) is 0.707. The van der Waals surface area contributed by atoms with E-state index in [1.54, 1.807) is 4.90 Å². The molecule has 1 atom stereocenters. The number of carbonyl (C=O) groups excluding carboxylic acids is 2. The number of sulfonamides is 1. The lowest BCUT2D eigenvalue weighted by molar-refractivity contribution is -0.146. The molecule has 0 aliphatic carbocycles. The molecule has 0 bridgehead atoms. The maximum Gasteiger partial charge on any atom is 0.308 e. The normalized spacial score (nSPS) is 20.9. The van der Waals surface area contributed by atoms with E-state index >= 15 is 0 Å². The van der Waals surface area contributed by atoms with Crippen LogP contribution in [0.5, 0.6) is 0 Å². The van der Waals surface area contributed by atoms with Crippen molar-refractivity contribution >= 4 is 21.9 Å². The minimum absolute atomic E-state index is 0.0801. The van der Waals surface area contributed by atoms with Gasteiger partial charge in [-0.2, -0.15) is 0 Å². The van der Waals surface area contributed by atoms with Crippen molar-refractivity contribution < 1.29 is 27.5 Å². The number of nitrogens with one attached hydrogen (secondary N) is 1. The van der Waals surface area contributed by atoms with E-state index in [0.717, 1.165) is 12.8 Å². The lowest BCUT2D eigenvalue weighted by Crippen LogP contribution is -2.40. The molecule has 1 amide bonds. The second-order valence-corrected chi connectivity index (χ2v) is 8.87. The highest BCUT2D eigenvalue weighted by atomic mass is 32.2. The Labute approximate surface area is 165 Å². The monoisotopic (exact) mass is 410 g/mol. The van der Waals surface area contributed by atoms with Crippen LogP contribution in [0.25, 0.3) is 0 Å². The molecular weight excluding hydrogens is 384 g/mol. The molecule has 0 saturated carbocycles. The van der Waals surface area contributed by atoms with Crippen LogP contribution < -0.4 is 4.72 Å². The third-order valence-corrected chi connectivity index (χ3v) is 6.69. The highest BCUT2D eigenvalue weighted by Gasteiger charge is 2.28. The summed E-state index contributed by atoms with van der Waals surface area (Å²) in [7, 11) is -2.27. The van der Waals surface area contributed by atoms with Crippen LogP contribution in [0, 0.1) is 5.92 Å². The highest BCUT2D eigenvalue weighted by Crippen LogP contribution is 2.21. The van der Waals surface area contributed by atoms with Gasteiger partial charge < -0.3 is 14.4 Å². The average molecular weight is 410 g/mol. The lowest BCUT2D eigenvalue weighted by atomic mass is 9.96. The van der Waals surface area contributed by atoms with Gasteiger partial charge in [0.15, 0.2) is 0 Å². The van der Waals surface area contributed by atoms with E-state index in [2.05, 4.69) is 4.72 Å². The molecular formula is C19H26N2O6S. The Morgan fingerprint density at radius 1 is 1.18 bits per heavy atom. The number of ether oxygens (including phenoxy) is 2. The van der Waals surface area contributed by atoms with Crippen LogP contribution in [0.15, 0.2) is 29.2 Å². The van der Waals surface area contributed by atoms with Crippen molar-refractivity contribution in [1.29, 1.82) is 0 Å². The zero-order chi connectivity index (χ0) is 20.1. The molecule has 2 aliphatic rings. The van der Waals surface area contributed by atoms with E-state index in [1.807, 2.05) is 0 Å². The van der Waals surface area contributed by atoms with E-state index < -0.39 is 10.0 Å². The molecule has 154 valence electrons. The summed E-state index contributed by atoms with van der Waals surface area (Å²) in [6.45, 7) is 1.86. The molecule has 28 heavy (non-hydrogen) atoms. The first-order valence-corrected chi connectivity index (χ1v) is 11.0. The fourth-order valence-electron chi connectivity index (χ4n) is 3.54. The number of carbonyl (C=O) groups is 2. The largest absolute Gasteiger partial charge is 0.469 e. The zero-order valence-electron chi connectivity index (χ0n) is 15.9. The third-order valence-electron chi connectivity index (χ3n) is 5.25. The topological polar surface area (TPSA) is 102 Å². The van der Waals surface area contributed by atoms with E-state index in [1.165, 1.54) is 31.4 Å². The number of benzene rings is 1. The van der Waals surface area contributed by atoms with Gasteiger partial charge in [0.2, 0.25) is 10.0 Å². The van der Waals surface area contributed by atoms with Crippen LogP contribution in [0.1, 0.15) is 36.0 Å². The molecule has 2 saturated heterocycles. The van der Waals surface area contributed by atoms with Gasteiger partial charge in [0.1, 0.15) is 0 Å². The van der Waals surface area contributed by atoms with Crippen molar-refractivity contribution in [3.8, 4) is 0 Å². The maximum absolute atomic E-state index is 12.6. The Kier molecular flexibility index (Phi) is 6.69. The van der Waals surface area contributed by atoms with Gasteiger partial charge in [-0.25, -0.2) is 13.1 Å². The molecule has 3 rings (SSSR count). The number of esters is 1. The smallest absolute Gasteiger partial charge is 0.308 e. The van der Waals surface area contributed by atoms with Crippen LogP contribution >= 0.6 is 0 Å². The first-order chi connectivity index (χ1) is 13.4. The molecule has 1 N–H and O–H groups in total. The molecule has 1 aromatic rings. The number of nitrogens with zero attached hydrogens (tertiary/aromatic N) is 1. The minimum Gasteiger partial charge on any atom is -0.469 e. The molecule has 1 aromatic carbocycles. The van der Waals surface area contributed by atoms with Gasteiger partial charge in [0.25, 0.3) is 5.91 Å². The second-order valence-electron chi connectivity index (χ2n) is 7.10. The minimum atomic E-state index is -3.64. The zero-order valence-corrected chi connectivity index (χ0v) is 16.7. The summed E-state index contributed by atoms with van der Waals surface area (Å²) in [6, 6.07) is 5.92. The summed E-state index contributed by atoms with van der Waals surface area (Å²) in [5, 5.41) is 0. The van der Waals surface area contributed by atoms with Crippen molar-refractivity contribution in [2.45, 2.75) is 36.7 Å². The van der Waals surface area contributed by atoms with Crippen LogP contribution in [-0.4, -0.2) is 64.6 Å². The molecule has 8 nitrogen and oxygen atoms in total. The number of likely N-dealkylation sites (tertiary alicyclic amines) is 1. The molecule has 2 fully saturated rings. The summed E-state index contributed by atoms with van der Waals surface area (Å²) in [6.07, 6.45) is 2.85. The predicted octanol–water partition coefficient (Wildman–Crippen LogP) is 1.17. The van der Waals surface area contributed by atoms with Crippen molar-refractivity contribution in [1.82, 2.24) is 9.62 Å². The van der Waals surface area contributed by atoms with Crippen molar-refractivity contribution in [3.05, 3.63) is 29.8 Å². The standard InChI is InChI=1S/C19H26N2O6S/c1-26-19(23)15-8-10-21(11-9-15)18(22)14-4-6-17(7-5-14)28(24,25)20-13-16-3-2-12-27-16/h4-7,15-16,20H,2-3,8-13H2,1H3/t16-/m0/s1. The fraction of sp³-hybridized carbons (Fsp3) is 0.579. The van der Waals surface area contributed by atoms with Crippen LogP contribution in [0.3, 0.4) is 0 Å². The Hall–Kier alpha value is -1.97.